The van der Waals surface area contributed by atoms with Crippen LogP contribution in [0.15, 0.2) is 18.2 Å². The highest BCUT2D eigenvalue weighted by Crippen LogP contribution is 2.23. The average molecular weight is 361 g/mol. The molecule has 0 unspecified atom stereocenters. The van der Waals surface area contributed by atoms with Crippen LogP contribution in [0, 0.1) is 11.6 Å². The molecule has 1 rings (SSSR count). The molecule has 138 valence electrons. The lowest BCUT2D eigenvalue weighted by Crippen LogP contribution is -2.48. The fourth-order valence-corrected chi connectivity index (χ4v) is 5.47. The van der Waals surface area contributed by atoms with Crippen LogP contribution in [-0.4, -0.2) is 28.1 Å². The second kappa shape index (κ2) is 10.2. The summed E-state index contributed by atoms with van der Waals surface area (Å²) in [6.45, 7) is 7.90. The van der Waals surface area contributed by atoms with Gasteiger partial charge in [-0.15, -0.1) is 0 Å². The van der Waals surface area contributed by atoms with Crippen LogP contribution in [0.4, 0.5) is 8.78 Å². The van der Waals surface area contributed by atoms with Gasteiger partial charge in [-0.05, 0) is 64.7 Å². The Hall–Kier alpha value is -0.823. The molecule has 0 saturated carbocycles. The predicted molar refractivity (Wildman–Crippen MR) is 93.9 cm³/mol. The van der Waals surface area contributed by atoms with Gasteiger partial charge in [-0.3, -0.25) is 0 Å². The molecule has 0 fully saturated rings. The fraction of sp³-hybridized carbons (Fsp3) is 0.667. The number of benzene rings is 1. The van der Waals surface area contributed by atoms with Crippen LogP contribution in [-0.2, 0) is 19.7 Å². The first-order valence-electron chi connectivity index (χ1n) is 8.62. The highest BCUT2D eigenvalue weighted by atomic mass is 28.4. The highest BCUT2D eigenvalue weighted by Gasteiger charge is 2.41. The minimum Gasteiger partial charge on any atom is -0.377 e. The van der Waals surface area contributed by atoms with Crippen molar-refractivity contribution in [2.45, 2.75) is 71.6 Å². The molecule has 0 bridgehead atoms. The van der Waals surface area contributed by atoms with E-state index in [0.29, 0.717) is 12.0 Å². The van der Waals surface area contributed by atoms with Gasteiger partial charge in [0.05, 0.1) is 0 Å². The Balaban J connectivity index is 2.46. The van der Waals surface area contributed by atoms with E-state index in [1.807, 2.05) is 27.7 Å². The van der Waals surface area contributed by atoms with Crippen molar-refractivity contribution < 1.29 is 22.1 Å². The number of hydrogen-bond acceptors (Lipinski definition) is 3. The zero-order chi connectivity index (χ0) is 18.2. The number of halogens is 2. The predicted octanol–water partition coefficient (Wildman–Crippen LogP) is 5.11. The van der Waals surface area contributed by atoms with Crippen molar-refractivity contribution in [2.75, 3.05) is 7.11 Å². The topological polar surface area (TPSA) is 27.7 Å². The summed E-state index contributed by atoms with van der Waals surface area (Å²) in [6, 6.07) is 4.42. The van der Waals surface area contributed by atoms with E-state index < -0.39 is 20.4 Å². The Morgan fingerprint density at radius 2 is 1.42 bits per heavy atom. The van der Waals surface area contributed by atoms with Crippen molar-refractivity contribution in [3.05, 3.63) is 35.4 Å². The van der Waals surface area contributed by atoms with E-state index in [-0.39, 0.29) is 12.2 Å². The molecular weight excluding hydrogens is 330 g/mol. The third-order valence-electron chi connectivity index (χ3n) is 3.51. The molecule has 0 N–H and O–H groups in total. The smallest absolute Gasteiger partial charge is 0.377 e. The van der Waals surface area contributed by atoms with Crippen molar-refractivity contribution in [3.8, 4) is 0 Å². The Morgan fingerprint density at radius 1 is 0.875 bits per heavy atom. The van der Waals surface area contributed by atoms with Crippen molar-refractivity contribution in [1.29, 1.82) is 0 Å². The Kier molecular flexibility index (Phi) is 9.05. The van der Waals surface area contributed by atoms with Crippen LogP contribution < -0.4 is 0 Å². The van der Waals surface area contributed by atoms with Gasteiger partial charge in [0.15, 0.2) is 0 Å². The first-order chi connectivity index (χ1) is 11.3. The molecule has 1 aromatic rings. The van der Waals surface area contributed by atoms with Gasteiger partial charge in [-0.1, -0.05) is 6.42 Å². The zero-order valence-electron chi connectivity index (χ0n) is 15.4. The second-order valence-electron chi connectivity index (χ2n) is 6.56. The molecule has 0 amide bonds. The highest BCUT2D eigenvalue weighted by molar-refractivity contribution is 6.60. The van der Waals surface area contributed by atoms with Crippen LogP contribution in [0.2, 0.25) is 6.04 Å². The van der Waals surface area contributed by atoms with Crippen LogP contribution in [0.1, 0.15) is 52.5 Å². The maximum atomic E-state index is 13.2. The molecular formula is C18H30F2O3Si. The average Bonchev–Trinajstić information content (AvgIpc) is 2.44. The molecule has 0 aromatic heterocycles. The molecule has 0 aliphatic carbocycles. The summed E-state index contributed by atoms with van der Waals surface area (Å²) in [7, 11) is -1.02. The van der Waals surface area contributed by atoms with E-state index in [4.69, 9.17) is 13.3 Å². The van der Waals surface area contributed by atoms with E-state index in [0.717, 1.165) is 31.4 Å². The SMILES string of the molecule is CO[Si](CCCCCc1cc(F)cc(F)c1)(OC(C)C)OC(C)C. The Bertz CT molecular complexity index is 465. The monoisotopic (exact) mass is 360 g/mol. The first-order valence-corrected chi connectivity index (χ1v) is 10.6. The van der Waals surface area contributed by atoms with Crippen molar-refractivity contribution in [1.82, 2.24) is 0 Å². The van der Waals surface area contributed by atoms with Gasteiger partial charge in [-0.2, -0.15) is 0 Å². The molecule has 0 heterocycles. The lowest BCUT2D eigenvalue weighted by atomic mass is 10.1. The summed E-state index contributed by atoms with van der Waals surface area (Å²) in [5, 5.41) is 0. The second-order valence-corrected chi connectivity index (χ2v) is 9.30. The summed E-state index contributed by atoms with van der Waals surface area (Å²) >= 11 is 0. The van der Waals surface area contributed by atoms with Crippen molar-refractivity contribution in [2.24, 2.45) is 0 Å². The van der Waals surface area contributed by atoms with Gasteiger partial charge in [0.25, 0.3) is 0 Å². The van der Waals surface area contributed by atoms with Gasteiger partial charge in [0.2, 0.25) is 0 Å². The standard InChI is InChI=1S/C18H30F2O3Si/c1-14(2)22-24(21-5,23-15(3)4)10-8-6-7-9-16-11-17(19)13-18(20)12-16/h11-15H,6-10H2,1-5H3. The van der Waals surface area contributed by atoms with E-state index in [9.17, 15) is 8.78 Å². The number of unbranched alkanes of at least 4 members (excludes halogenated alkanes) is 2. The van der Waals surface area contributed by atoms with E-state index >= 15 is 0 Å². The molecule has 0 saturated heterocycles. The molecule has 6 heteroatoms. The van der Waals surface area contributed by atoms with Crippen molar-refractivity contribution >= 4 is 8.80 Å². The quantitative estimate of drug-likeness (QED) is 0.405. The summed E-state index contributed by atoms with van der Waals surface area (Å²) in [5.74, 6) is -1.04. The molecule has 0 spiro atoms. The zero-order valence-corrected chi connectivity index (χ0v) is 16.4. The summed E-state index contributed by atoms with van der Waals surface area (Å²) in [5.41, 5.74) is 0.694. The molecule has 24 heavy (non-hydrogen) atoms. The third-order valence-corrected chi connectivity index (χ3v) is 6.76. The van der Waals surface area contributed by atoms with E-state index in [1.165, 1.54) is 12.1 Å². The van der Waals surface area contributed by atoms with Gasteiger partial charge >= 0.3 is 8.80 Å². The first kappa shape index (κ1) is 21.2. The van der Waals surface area contributed by atoms with Gasteiger partial charge < -0.3 is 13.3 Å². The molecule has 1 aromatic carbocycles. The lowest BCUT2D eigenvalue weighted by Gasteiger charge is -2.31. The summed E-state index contributed by atoms with van der Waals surface area (Å²) in [4.78, 5) is 0. The summed E-state index contributed by atoms with van der Waals surface area (Å²) < 4.78 is 44.0. The lowest BCUT2D eigenvalue weighted by molar-refractivity contribution is 0.0323. The van der Waals surface area contributed by atoms with Gasteiger partial charge in [0, 0.05) is 31.4 Å². The maximum Gasteiger partial charge on any atom is 0.501 e. The molecule has 0 atom stereocenters. The minimum absolute atomic E-state index is 0.0469. The third kappa shape index (κ3) is 7.83. The van der Waals surface area contributed by atoms with E-state index in [1.54, 1.807) is 7.11 Å². The normalized spacial score (nSPS) is 12.4. The van der Waals surface area contributed by atoms with Crippen LogP contribution >= 0.6 is 0 Å². The number of hydrogen-bond donors (Lipinski definition) is 0. The Morgan fingerprint density at radius 3 is 1.88 bits per heavy atom. The molecule has 0 radical (unpaired) electrons. The number of aryl methyl sites for hydroxylation is 1. The van der Waals surface area contributed by atoms with Gasteiger partial charge in [0.1, 0.15) is 11.6 Å². The van der Waals surface area contributed by atoms with Crippen molar-refractivity contribution in [3.63, 3.8) is 0 Å². The molecule has 0 aliphatic rings. The number of rotatable bonds is 11. The summed E-state index contributed by atoms with van der Waals surface area (Å²) in [6.07, 6.45) is 3.44. The van der Waals surface area contributed by atoms with Gasteiger partial charge in [-0.25, -0.2) is 8.78 Å². The largest absolute Gasteiger partial charge is 0.501 e. The molecule has 0 aliphatic heterocycles. The van der Waals surface area contributed by atoms with Crippen LogP contribution in [0.25, 0.3) is 0 Å². The van der Waals surface area contributed by atoms with Crippen LogP contribution in [0.3, 0.4) is 0 Å². The van der Waals surface area contributed by atoms with Crippen LogP contribution in [0.5, 0.6) is 0 Å². The molecule has 3 nitrogen and oxygen atoms in total. The minimum atomic E-state index is -2.66. The Labute approximate surface area is 145 Å². The van der Waals surface area contributed by atoms with E-state index in [2.05, 4.69) is 0 Å². The maximum absolute atomic E-state index is 13.2. The fourth-order valence-electron chi connectivity index (χ4n) is 2.66.